The molecule has 0 bridgehead atoms. The first-order valence-electron chi connectivity index (χ1n) is 6.02. The molecule has 108 valence electrons. The summed E-state index contributed by atoms with van der Waals surface area (Å²) in [5.74, 6) is -3.46. The van der Waals surface area contributed by atoms with Crippen molar-refractivity contribution in [2.75, 3.05) is 0 Å². The molecule has 2 aromatic carbocycles. The number of amides is 1. The topological polar surface area (TPSA) is 66.4 Å². The van der Waals surface area contributed by atoms with E-state index in [9.17, 15) is 18.4 Å². The smallest absolute Gasteiger partial charge is 0.330 e. The average Bonchev–Trinajstić information content (AvgIpc) is 2.46. The Morgan fingerprint density at radius 1 is 1.00 bits per heavy atom. The van der Waals surface area contributed by atoms with E-state index in [2.05, 4.69) is 5.32 Å². The van der Waals surface area contributed by atoms with E-state index in [1.54, 1.807) is 0 Å². The zero-order valence-corrected chi connectivity index (χ0v) is 10.7. The maximum Gasteiger partial charge on any atom is 0.330 e. The van der Waals surface area contributed by atoms with E-state index in [1.165, 1.54) is 30.3 Å². The molecule has 0 aliphatic carbocycles. The second-order valence-corrected chi connectivity index (χ2v) is 4.28. The predicted molar refractivity (Wildman–Crippen MR) is 70.6 cm³/mol. The van der Waals surface area contributed by atoms with Crippen molar-refractivity contribution in [2.24, 2.45) is 0 Å². The predicted octanol–water partition coefficient (Wildman–Crippen LogP) is 2.52. The fraction of sp³-hybridized carbons (Fsp3) is 0.0667. The van der Waals surface area contributed by atoms with Gasteiger partial charge < -0.3 is 10.4 Å². The Labute approximate surface area is 119 Å². The minimum absolute atomic E-state index is 0.189. The number of hydrogen-bond donors (Lipinski definition) is 2. The Morgan fingerprint density at radius 3 is 2.19 bits per heavy atom. The molecule has 0 aromatic heterocycles. The van der Waals surface area contributed by atoms with Crippen molar-refractivity contribution in [3.8, 4) is 0 Å². The summed E-state index contributed by atoms with van der Waals surface area (Å²) in [6.45, 7) is 0. The van der Waals surface area contributed by atoms with E-state index in [1.807, 2.05) is 0 Å². The number of aliphatic carboxylic acids is 1. The Hall–Kier alpha value is -2.76. The summed E-state index contributed by atoms with van der Waals surface area (Å²) in [7, 11) is 0. The quantitative estimate of drug-likeness (QED) is 0.909. The third kappa shape index (κ3) is 3.42. The highest BCUT2D eigenvalue weighted by molar-refractivity contribution is 5.97. The first kappa shape index (κ1) is 14.6. The van der Waals surface area contributed by atoms with Crippen LogP contribution in [0.2, 0.25) is 0 Å². The van der Waals surface area contributed by atoms with E-state index in [-0.39, 0.29) is 11.1 Å². The number of carboxylic acid groups (broad SMARTS) is 1. The van der Waals surface area contributed by atoms with Crippen LogP contribution in [0, 0.1) is 11.6 Å². The molecular formula is C15H11F2NO3. The molecule has 21 heavy (non-hydrogen) atoms. The number of halogens is 2. The molecule has 0 heterocycles. The third-order valence-corrected chi connectivity index (χ3v) is 2.84. The molecule has 6 heteroatoms. The maximum atomic E-state index is 13.5. The van der Waals surface area contributed by atoms with Crippen molar-refractivity contribution in [1.82, 2.24) is 5.32 Å². The fourth-order valence-electron chi connectivity index (χ4n) is 1.80. The molecule has 2 aromatic rings. The Kier molecular flexibility index (Phi) is 4.27. The molecule has 2 rings (SSSR count). The lowest BCUT2D eigenvalue weighted by atomic mass is 10.1. The molecule has 2 N–H and O–H groups in total. The van der Waals surface area contributed by atoms with Gasteiger partial charge in [-0.15, -0.1) is 0 Å². The number of nitrogens with one attached hydrogen (secondary N) is 1. The molecular weight excluding hydrogens is 280 g/mol. The van der Waals surface area contributed by atoms with Gasteiger partial charge in [-0.3, -0.25) is 4.79 Å². The third-order valence-electron chi connectivity index (χ3n) is 2.84. The number of rotatable bonds is 4. The number of carbonyl (C=O) groups is 2. The standard InChI is InChI=1S/C15H11F2NO3/c16-10-7-5-9(6-8-10)13(15(20)21)18-14(19)11-3-1-2-4-12(11)17/h1-8,13H,(H,18,19)(H,20,21). The summed E-state index contributed by atoms with van der Waals surface area (Å²) in [6.07, 6.45) is 0. The van der Waals surface area contributed by atoms with Gasteiger partial charge in [0.2, 0.25) is 0 Å². The Balaban J connectivity index is 2.25. The largest absolute Gasteiger partial charge is 0.479 e. The molecule has 1 amide bonds. The van der Waals surface area contributed by atoms with Crippen molar-refractivity contribution >= 4 is 11.9 Å². The van der Waals surface area contributed by atoms with Gasteiger partial charge in [0, 0.05) is 0 Å². The normalized spacial score (nSPS) is 11.7. The van der Waals surface area contributed by atoms with Crippen LogP contribution in [0.15, 0.2) is 48.5 Å². The first-order chi connectivity index (χ1) is 9.99. The van der Waals surface area contributed by atoms with Crippen LogP contribution in [-0.2, 0) is 4.79 Å². The van der Waals surface area contributed by atoms with Crippen molar-refractivity contribution in [3.63, 3.8) is 0 Å². The van der Waals surface area contributed by atoms with E-state index >= 15 is 0 Å². The molecule has 4 nitrogen and oxygen atoms in total. The van der Waals surface area contributed by atoms with E-state index in [0.29, 0.717) is 0 Å². The van der Waals surface area contributed by atoms with Gasteiger partial charge in [0.25, 0.3) is 5.91 Å². The summed E-state index contributed by atoms with van der Waals surface area (Å²) in [6, 6.07) is 8.49. The van der Waals surface area contributed by atoms with Crippen LogP contribution in [-0.4, -0.2) is 17.0 Å². The minimum atomic E-state index is -1.39. The van der Waals surface area contributed by atoms with E-state index in [0.717, 1.165) is 18.2 Å². The lowest BCUT2D eigenvalue weighted by molar-refractivity contribution is -0.139. The second-order valence-electron chi connectivity index (χ2n) is 4.28. The van der Waals surface area contributed by atoms with Gasteiger partial charge in [-0.25, -0.2) is 13.6 Å². The number of carboxylic acids is 1. The molecule has 0 spiro atoms. The van der Waals surface area contributed by atoms with Gasteiger partial charge >= 0.3 is 5.97 Å². The summed E-state index contributed by atoms with van der Waals surface area (Å²) in [4.78, 5) is 23.2. The Bertz CT molecular complexity index is 671. The van der Waals surface area contributed by atoms with Gasteiger partial charge in [0.15, 0.2) is 6.04 Å². The molecule has 1 atom stereocenters. The van der Waals surface area contributed by atoms with Crippen LogP contribution in [0.25, 0.3) is 0 Å². The van der Waals surface area contributed by atoms with Crippen LogP contribution in [0.3, 0.4) is 0 Å². The van der Waals surface area contributed by atoms with Crippen LogP contribution in [0.1, 0.15) is 22.0 Å². The lowest BCUT2D eigenvalue weighted by Gasteiger charge is -2.15. The number of carbonyl (C=O) groups excluding carboxylic acids is 1. The average molecular weight is 291 g/mol. The van der Waals surface area contributed by atoms with E-state index in [4.69, 9.17) is 5.11 Å². The molecule has 1 unspecified atom stereocenters. The molecule has 0 saturated carbocycles. The van der Waals surface area contributed by atoms with Crippen molar-refractivity contribution < 1.29 is 23.5 Å². The van der Waals surface area contributed by atoms with Gasteiger partial charge in [0.1, 0.15) is 11.6 Å². The summed E-state index contributed by atoms with van der Waals surface area (Å²) in [5.41, 5.74) is -0.0700. The van der Waals surface area contributed by atoms with Gasteiger partial charge in [-0.05, 0) is 29.8 Å². The zero-order chi connectivity index (χ0) is 15.4. The SMILES string of the molecule is O=C(NC(C(=O)O)c1ccc(F)cc1)c1ccccc1F. The van der Waals surface area contributed by atoms with Crippen LogP contribution in [0.5, 0.6) is 0 Å². The highest BCUT2D eigenvalue weighted by Crippen LogP contribution is 2.16. The van der Waals surface area contributed by atoms with Crippen LogP contribution < -0.4 is 5.32 Å². The highest BCUT2D eigenvalue weighted by atomic mass is 19.1. The molecule has 0 fully saturated rings. The van der Waals surface area contributed by atoms with Crippen molar-refractivity contribution in [3.05, 3.63) is 71.3 Å². The van der Waals surface area contributed by atoms with Crippen LogP contribution in [0.4, 0.5) is 8.78 Å². The van der Waals surface area contributed by atoms with Crippen molar-refractivity contribution in [1.29, 1.82) is 0 Å². The lowest BCUT2D eigenvalue weighted by Crippen LogP contribution is -2.34. The first-order valence-corrected chi connectivity index (χ1v) is 6.02. The van der Waals surface area contributed by atoms with Crippen LogP contribution >= 0.6 is 0 Å². The number of benzene rings is 2. The van der Waals surface area contributed by atoms with E-state index < -0.39 is 29.6 Å². The summed E-state index contributed by atoms with van der Waals surface area (Å²) < 4.78 is 26.3. The van der Waals surface area contributed by atoms with Gasteiger partial charge in [-0.1, -0.05) is 24.3 Å². The highest BCUT2D eigenvalue weighted by Gasteiger charge is 2.23. The second kappa shape index (κ2) is 6.13. The summed E-state index contributed by atoms with van der Waals surface area (Å²) >= 11 is 0. The van der Waals surface area contributed by atoms with Gasteiger partial charge in [-0.2, -0.15) is 0 Å². The summed E-state index contributed by atoms with van der Waals surface area (Å²) in [5, 5.41) is 11.4. The fourth-order valence-corrected chi connectivity index (χ4v) is 1.80. The monoisotopic (exact) mass is 291 g/mol. The number of hydrogen-bond acceptors (Lipinski definition) is 2. The molecule has 0 aliphatic rings. The van der Waals surface area contributed by atoms with Crippen molar-refractivity contribution in [2.45, 2.75) is 6.04 Å². The molecule has 0 radical (unpaired) electrons. The molecule has 0 saturated heterocycles. The minimum Gasteiger partial charge on any atom is -0.479 e. The molecule has 0 aliphatic heterocycles. The van der Waals surface area contributed by atoms with Gasteiger partial charge in [0.05, 0.1) is 5.56 Å². The maximum absolute atomic E-state index is 13.5. The zero-order valence-electron chi connectivity index (χ0n) is 10.7. The Morgan fingerprint density at radius 2 is 1.62 bits per heavy atom.